The molecule has 0 unspecified atom stereocenters. The molecule has 0 saturated carbocycles. The molecule has 0 aliphatic heterocycles. The number of aromatic hydroxyl groups is 1. The first-order valence-electron chi connectivity index (χ1n) is 5.36. The molecule has 5 heteroatoms. The van der Waals surface area contributed by atoms with Gasteiger partial charge in [-0.25, -0.2) is 9.50 Å². The van der Waals surface area contributed by atoms with E-state index in [1.165, 1.54) is 0 Å². The maximum atomic E-state index is 10.6. The molecule has 0 aliphatic carbocycles. The smallest absolute Gasteiger partial charge is 0.170 e. The monoisotopic (exact) mass is 239 g/mol. The van der Waals surface area contributed by atoms with Crippen molar-refractivity contribution in [2.75, 3.05) is 0 Å². The van der Waals surface area contributed by atoms with Crippen LogP contribution in [0.2, 0.25) is 0 Å². The van der Waals surface area contributed by atoms with Crippen LogP contribution < -0.4 is 0 Å². The number of rotatable bonds is 2. The van der Waals surface area contributed by atoms with E-state index in [4.69, 9.17) is 0 Å². The second-order valence-electron chi connectivity index (χ2n) is 3.88. The van der Waals surface area contributed by atoms with Crippen molar-refractivity contribution in [2.24, 2.45) is 0 Å². The minimum absolute atomic E-state index is 0.218. The Morgan fingerprint density at radius 1 is 1.17 bits per heavy atom. The molecule has 0 atom stereocenters. The number of aromatic nitrogens is 3. The van der Waals surface area contributed by atoms with E-state index >= 15 is 0 Å². The van der Waals surface area contributed by atoms with Gasteiger partial charge in [0.2, 0.25) is 0 Å². The lowest BCUT2D eigenvalue weighted by atomic mass is 10.1. The Labute approximate surface area is 102 Å². The van der Waals surface area contributed by atoms with Gasteiger partial charge in [0.15, 0.2) is 11.9 Å². The van der Waals surface area contributed by atoms with Gasteiger partial charge in [0, 0.05) is 24.0 Å². The number of carbonyl (C=O) groups excluding carboxylic acids is 1. The van der Waals surface area contributed by atoms with E-state index in [2.05, 4.69) is 10.1 Å². The highest BCUT2D eigenvalue weighted by Crippen LogP contribution is 2.21. The topological polar surface area (TPSA) is 67.5 Å². The molecular weight excluding hydrogens is 230 g/mol. The highest BCUT2D eigenvalue weighted by Gasteiger charge is 2.04. The molecule has 1 N–H and O–H groups in total. The molecule has 2 heterocycles. The lowest BCUT2D eigenvalue weighted by Gasteiger charge is -2.01. The Hall–Kier alpha value is -2.69. The van der Waals surface area contributed by atoms with Crippen molar-refractivity contribution in [2.45, 2.75) is 0 Å². The lowest BCUT2D eigenvalue weighted by molar-refractivity contribution is 0.111. The third-order valence-corrected chi connectivity index (χ3v) is 2.65. The van der Waals surface area contributed by atoms with Gasteiger partial charge in [-0.05, 0) is 17.7 Å². The first kappa shape index (κ1) is 10.5. The number of benzene rings is 1. The molecule has 0 spiro atoms. The number of phenols is 1. The highest BCUT2D eigenvalue weighted by atomic mass is 16.3. The van der Waals surface area contributed by atoms with Crippen LogP contribution in [0.15, 0.2) is 42.7 Å². The van der Waals surface area contributed by atoms with Crippen LogP contribution in [-0.4, -0.2) is 26.0 Å². The van der Waals surface area contributed by atoms with Gasteiger partial charge in [0.25, 0.3) is 0 Å². The Kier molecular flexibility index (Phi) is 2.30. The first-order valence-corrected chi connectivity index (χ1v) is 5.36. The summed E-state index contributed by atoms with van der Waals surface area (Å²) in [5.74, 6) is 0.218. The summed E-state index contributed by atoms with van der Waals surface area (Å²) < 4.78 is 1.56. The molecular formula is C13H9N3O2. The Morgan fingerprint density at radius 3 is 2.67 bits per heavy atom. The highest BCUT2D eigenvalue weighted by molar-refractivity contribution is 5.74. The van der Waals surface area contributed by atoms with Crippen molar-refractivity contribution in [1.82, 2.24) is 14.6 Å². The van der Waals surface area contributed by atoms with Crippen molar-refractivity contribution < 1.29 is 9.90 Å². The van der Waals surface area contributed by atoms with Crippen LogP contribution in [0.4, 0.5) is 0 Å². The first-order chi connectivity index (χ1) is 8.76. The standard InChI is InChI=1S/C13H9N3O2/c17-8-11-5-13-14-6-10(7-16(13)15-11)9-1-3-12(18)4-2-9/h1-8,18H. The summed E-state index contributed by atoms with van der Waals surface area (Å²) in [6, 6.07) is 8.43. The minimum Gasteiger partial charge on any atom is -0.508 e. The van der Waals surface area contributed by atoms with Gasteiger partial charge in [-0.3, -0.25) is 4.79 Å². The van der Waals surface area contributed by atoms with E-state index in [1.807, 2.05) is 0 Å². The van der Waals surface area contributed by atoms with Crippen molar-refractivity contribution in [3.63, 3.8) is 0 Å². The Morgan fingerprint density at radius 2 is 1.94 bits per heavy atom. The number of fused-ring (bicyclic) bond motifs is 1. The fraction of sp³-hybridized carbons (Fsp3) is 0. The van der Waals surface area contributed by atoms with Gasteiger partial charge >= 0.3 is 0 Å². The summed E-state index contributed by atoms with van der Waals surface area (Å²) in [5, 5.41) is 13.3. The third-order valence-electron chi connectivity index (χ3n) is 2.65. The van der Waals surface area contributed by atoms with Crippen molar-refractivity contribution >= 4 is 11.9 Å². The molecule has 2 aromatic heterocycles. The van der Waals surface area contributed by atoms with Gasteiger partial charge in [-0.1, -0.05) is 12.1 Å². The molecule has 3 aromatic rings. The summed E-state index contributed by atoms with van der Waals surface area (Å²) in [4.78, 5) is 14.9. The quantitative estimate of drug-likeness (QED) is 0.694. The van der Waals surface area contributed by atoms with Crippen LogP contribution in [0.25, 0.3) is 16.8 Å². The maximum absolute atomic E-state index is 10.6. The molecule has 0 aliphatic rings. The zero-order valence-corrected chi connectivity index (χ0v) is 9.32. The van der Waals surface area contributed by atoms with Crippen LogP contribution >= 0.6 is 0 Å². The normalized spacial score (nSPS) is 10.7. The summed E-state index contributed by atoms with van der Waals surface area (Å²) in [5.41, 5.74) is 2.76. The van der Waals surface area contributed by atoms with Gasteiger partial charge in [0.05, 0.1) is 0 Å². The average molecular weight is 239 g/mol. The minimum atomic E-state index is 0.218. The number of hydrogen-bond donors (Lipinski definition) is 1. The number of aldehydes is 1. The summed E-state index contributed by atoms with van der Waals surface area (Å²) in [7, 11) is 0. The molecule has 88 valence electrons. The van der Waals surface area contributed by atoms with Crippen molar-refractivity contribution in [3.05, 3.63) is 48.4 Å². The van der Waals surface area contributed by atoms with E-state index in [0.717, 1.165) is 11.1 Å². The van der Waals surface area contributed by atoms with Crippen molar-refractivity contribution in [1.29, 1.82) is 0 Å². The fourth-order valence-electron chi connectivity index (χ4n) is 1.76. The van der Waals surface area contributed by atoms with Crippen LogP contribution in [0, 0.1) is 0 Å². The molecule has 0 amide bonds. The zero-order chi connectivity index (χ0) is 12.5. The van der Waals surface area contributed by atoms with Crippen LogP contribution in [-0.2, 0) is 0 Å². The predicted octanol–water partition coefficient (Wildman–Crippen LogP) is 1.91. The van der Waals surface area contributed by atoms with Crippen molar-refractivity contribution in [3.8, 4) is 16.9 Å². The van der Waals surface area contributed by atoms with Gasteiger partial charge < -0.3 is 5.11 Å². The van der Waals surface area contributed by atoms with Crippen LogP contribution in [0.1, 0.15) is 10.5 Å². The number of carbonyl (C=O) groups is 1. The van der Waals surface area contributed by atoms with E-state index in [1.54, 1.807) is 47.2 Å². The maximum Gasteiger partial charge on any atom is 0.170 e. The van der Waals surface area contributed by atoms with E-state index in [0.29, 0.717) is 17.6 Å². The molecule has 0 fully saturated rings. The van der Waals surface area contributed by atoms with E-state index in [9.17, 15) is 9.90 Å². The van der Waals surface area contributed by atoms with E-state index in [-0.39, 0.29) is 5.75 Å². The summed E-state index contributed by atoms with van der Waals surface area (Å²) in [6.45, 7) is 0. The number of nitrogens with zero attached hydrogens (tertiary/aromatic N) is 3. The fourth-order valence-corrected chi connectivity index (χ4v) is 1.76. The second-order valence-corrected chi connectivity index (χ2v) is 3.88. The van der Waals surface area contributed by atoms with Gasteiger partial charge in [0.1, 0.15) is 11.4 Å². The Bertz CT molecular complexity index is 717. The molecule has 3 rings (SSSR count). The lowest BCUT2D eigenvalue weighted by Crippen LogP contribution is -1.91. The molecule has 0 radical (unpaired) electrons. The third kappa shape index (κ3) is 1.71. The predicted molar refractivity (Wildman–Crippen MR) is 65.5 cm³/mol. The van der Waals surface area contributed by atoms with Gasteiger partial charge in [-0.2, -0.15) is 5.10 Å². The molecule has 18 heavy (non-hydrogen) atoms. The van der Waals surface area contributed by atoms with E-state index < -0.39 is 0 Å². The number of hydrogen-bond acceptors (Lipinski definition) is 4. The number of phenolic OH excluding ortho intramolecular Hbond substituents is 1. The molecule has 1 aromatic carbocycles. The van der Waals surface area contributed by atoms with Crippen LogP contribution in [0.5, 0.6) is 5.75 Å². The summed E-state index contributed by atoms with van der Waals surface area (Å²) in [6.07, 6.45) is 4.19. The largest absolute Gasteiger partial charge is 0.508 e. The summed E-state index contributed by atoms with van der Waals surface area (Å²) >= 11 is 0. The molecule has 0 bridgehead atoms. The van der Waals surface area contributed by atoms with Crippen LogP contribution in [0.3, 0.4) is 0 Å². The SMILES string of the molecule is O=Cc1cc2ncc(-c3ccc(O)cc3)cn2n1. The Balaban J connectivity index is 2.12. The van der Waals surface area contributed by atoms with Gasteiger partial charge in [-0.15, -0.1) is 0 Å². The molecule has 5 nitrogen and oxygen atoms in total. The average Bonchev–Trinajstić information content (AvgIpc) is 2.81. The second kappa shape index (κ2) is 3.96. The zero-order valence-electron chi connectivity index (χ0n) is 9.32. The molecule has 0 saturated heterocycles.